The Morgan fingerprint density at radius 1 is 1.05 bits per heavy atom. The highest BCUT2D eigenvalue weighted by atomic mass is 19.4. The van der Waals surface area contributed by atoms with Crippen LogP contribution in [0.3, 0.4) is 0 Å². The molecular formula is C14H19F3N2O. The van der Waals surface area contributed by atoms with Crippen LogP contribution in [0.15, 0.2) is 24.3 Å². The molecule has 6 heteroatoms. The highest BCUT2D eigenvalue weighted by molar-refractivity contribution is 5.94. The minimum Gasteiger partial charge on any atom is -0.352 e. The Morgan fingerprint density at radius 2 is 1.65 bits per heavy atom. The van der Waals surface area contributed by atoms with Gasteiger partial charge in [-0.25, -0.2) is 0 Å². The van der Waals surface area contributed by atoms with Crippen molar-refractivity contribution in [3.63, 3.8) is 0 Å². The maximum absolute atomic E-state index is 12.4. The lowest BCUT2D eigenvalue weighted by Crippen LogP contribution is -2.24. The van der Waals surface area contributed by atoms with Gasteiger partial charge < -0.3 is 11.1 Å². The van der Waals surface area contributed by atoms with E-state index >= 15 is 0 Å². The molecule has 3 N–H and O–H groups in total. The quantitative estimate of drug-likeness (QED) is 0.758. The number of alkyl halides is 3. The lowest BCUT2D eigenvalue weighted by Gasteiger charge is -2.08. The van der Waals surface area contributed by atoms with Gasteiger partial charge in [-0.05, 0) is 43.7 Å². The fraction of sp³-hybridized carbons (Fsp3) is 0.500. The minimum atomic E-state index is -4.38. The summed E-state index contributed by atoms with van der Waals surface area (Å²) in [4.78, 5) is 11.7. The maximum atomic E-state index is 12.4. The summed E-state index contributed by atoms with van der Waals surface area (Å²) >= 11 is 0. The molecule has 1 aromatic rings. The van der Waals surface area contributed by atoms with Gasteiger partial charge in [0.2, 0.25) is 0 Å². The molecule has 20 heavy (non-hydrogen) atoms. The molecule has 0 radical (unpaired) electrons. The van der Waals surface area contributed by atoms with Crippen molar-refractivity contribution in [3.8, 4) is 0 Å². The normalized spacial score (nSPS) is 11.4. The van der Waals surface area contributed by atoms with Crippen molar-refractivity contribution in [1.29, 1.82) is 0 Å². The van der Waals surface area contributed by atoms with Crippen molar-refractivity contribution >= 4 is 5.91 Å². The molecule has 0 atom stereocenters. The zero-order valence-corrected chi connectivity index (χ0v) is 11.2. The van der Waals surface area contributed by atoms with Crippen LogP contribution in [0.2, 0.25) is 0 Å². The third-order valence-corrected chi connectivity index (χ3v) is 2.89. The summed E-state index contributed by atoms with van der Waals surface area (Å²) in [6.07, 6.45) is -0.575. The van der Waals surface area contributed by atoms with Crippen LogP contribution in [0.1, 0.15) is 41.6 Å². The number of amides is 1. The van der Waals surface area contributed by atoms with E-state index in [1.807, 2.05) is 0 Å². The first kappa shape index (κ1) is 16.5. The topological polar surface area (TPSA) is 55.1 Å². The third kappa shape index (κ3) is 5.61. The number of unbranched alkanes of at least 4 members (excludes halogenated alkanes) is 3. The molecule has 0 aliphatic heterocycles. The van der Waals surface area contributed by atoms with E-state index in [0.717, 1.165) is 37.8 Å². The van der Waals surface area contributed by atoms with Crippen LogP contribution < -0.4 is 11.1 Å². The molecule has 112 valence electrons. The van der Waals surface area contributed by atoms with E-state index in [-0.39, 0.29) is 11.5 Å². The first-order valence-electron chi connectivity index (χ1n) is 6.60. The van der Waals surface area contributed by atoms with Crippen molar-refractivity contribution in [3.05, 3.63) is 35.4 Å². The van der Waals surface area contributed by atoms with Crippen LogP contribution >= 0.6 is 0 Å². The second-order valence-corrected chi connectivity index (χ2v) is 4.53. The van der Waals surface area contributed by atoms with Crippen LogP contribution in [0, 0.1) is 0 Å². The lowest BCUT2D eigenvalue weighted by molar-refractivity contribution is -0.137. The summed E-state index contributed by atoms with van der Waals surface area (Å²) in [5.74, 6) is -0.349. The molecule has 1 aromatic carbocycles. The molecule has 0 aromatic heterocycles. The molecule has 0 aliphatic carbocycles. The monoisotopic (exact) mass is 288 g/mol. The Bertz CT molecular complexity index is 415. The number of nitrogens with two attached hydrogens (primary N) is 1. The summed E-state index contributed by atoms with van der Waals surface area (Å²) in [5, 5.41) is 2.68. The molecule has 0 aliphatic rings. The summed E-state index contributed by atoms with van der Waals surface area (Å²) in [6, 6.07) is 4.20. The van der Waals surface area contributed by atoms with E-state index in [9.17, 15) is 18.0 Å². The highest BCUT2D eigenvalue weighted by Crippen LogP contribution is 2.28. The summed E-state index contributed by atoms with van der Waals surface area (Å²) in [6.45, 7) is 1.18. The molecule has 0 saturated heterocycles. The predicted molar refractivity (Wildman–Crippen MR) is 71.3 cm³/mol. The van der Waals surface area contributed by atoms with E-state index in [1.165, 1.54) is 12.1 Å². The second kappa shape index (κ2) is 7.89. The zero-order valence-electron chi connectivity index (χ0n) is 11.2. The highest BCUT2D eigenvalue weighted by Gasteiger charge is 2.30. The Morgan fingerprint density at radius 3 is 2.20 bits per heavy atom. The van der Waals surface area contributed by atoms with Gasteiger partial charge in [-0.3, -0.25) is 4.79 Å². The van der Waals surface area contributed by atoms with Crippen molar-refractivity contribution < 1.29 is 18.0 Å². The van der Waals surface area contributed by atoms with E-state index < -0.39 is 11.7 Å². The Balaban J connectivity index is 2.37. The SMILES string of the molecule is NCCCCCCNC(=O)c1ccc(C(F)(F)F)cc1. The van der Waals surface area contributed by atoms with Gasteiger partial charge in [-0.1, -0.05) is 12.8 Å². The largest absolute Gasteiger partial charge is 0.416 e. The second-order valence-electron chi connectivity index (χ2n) is 4.53. The van der Waals surface area contributed by atoms with E-state index in [0.29, 0.717) is 13.1 Å². The molecule has 0 bridgehead atoms. The molecule has 1 amide bonds. The number of halogens is 3. The lowest BCUT2D eigenvalue weighted by atomic mass is 10.1. The van der Waals surface area contributed by atoms with Gasteiger partial charge in [0.25, 0.3) is 5.91 Å². The smallest absolute Gasteiger partial charge is 0.352 e. The van der Waals surface area contributed by atoms with Crippen molar-refractivity contribution in [2.24, 2.45) is 5.73 Å². The van der Waals surface area contributed by atoms with Crippen molar-refractivity contribution in [2.75, 3.05) is 13.1 Å². The van der Waals surface area contributed by atoms with Gasteiger partial charge in [0.1, 0.15) is 0 Å². The summed E-state index contributed by atoms with van der Waals surface area (Å²) < 4.78 is 37.1. The van der Waals surface area contributed by atoms with Gasteiger partial charge >= 0.3 is 6.18 Å². The Labute approximate surface area is 116 Å². The molecule has 0 unspecified atom stereocenters. The number of benzene rings is 1. The molecule has 0 fully saturated rings. The van der Waals surface area contributed by atoms with Gasteiger partial charge in [-0.2, -0.15) is 13.2 Å². The van der Waals surface area contributed by atoms with Crippen LogP contribution in [-0.2, 0) is 6.18 Å². The van der Waals surface area contributed by atoms with Crippen LogP contribution in [0.25, 0.3) is 0 Å². The van der Waals surface area contributed by atoms with Crippen LogP contribution in [0.5, 0.6) is 0 Å². The van der Waals surface area contributed by atoms with Crippen LogP contribution in [0.4, 0.5) is 13.2 Å². The number of carbonyl (C=O) groups is 1. The standard InChI is InChI=1S/C14H19F3N2O/c15-14(16,17)12-7-5-11(6-8-12)13(20)19-10-4-2-1-3-9-18/h5-8H,1-4,9-10,18H2,(H,19,20). The molecule has 3 nitrogen and oxygen atoms in total. The summed E-state index contributed by atoms with van der Waals surface area (Å²) in [7, 11) is 0. The predicted octanol–water partition coefficient (Wildman–Crippen LogP) is 2.95. The van der Waals surface area contributed by atoms with Crippen molar-refractivity contribution in [1.82, 2.24) is 5.32 Å². The molecular weight excluding hydrogens is 269 g/mol. The first-order valence-corrected chi connectivity index (χ1v) is 6.60. The number of hydrogen-bond donors (Lipinski definition) is 2. The maximum Gasteiger partial charge on any atom is 0.416 e. The Hall–Kier alpha value is -1.56. The summed E-state index contributed by atoms with van der Waals surface area (Å²) in [5.41, 5.74) is 4.84. The fourth-order valence-electron chi connectivity index (χ4n) is 1.74. The zero-order chi connectivity index (χ0) is 15.0. The average Bonchev–Trinajstić information content (AvgIpc) is 2.41. The third-order valence-electron chi connectivity index (χ3n) is 2.89. The van der Waals surface area contributed by atoms with Crippen LogP contribution in [-0.4, -0.2) is 19.0 Å². The van der Waals surface area contributed by atoms with Gasteiger partial charge in [0.05, 0.1) is 5.56 Å². The minimum absolute atomic E-state index is 0.236. The number of nitrogens with one attached hydrogen (secondary N) is 1. The van der Waals surface area contributed by atoms with E-state index in [2.05, 4.69) is 5.32 Å². The molecule has 0 heterocycles. The number of hydrogen-bond acceptors (Lipinski definition) is 2. The van der Waals surface area contributed by atoms with Gasteiger partial charge in [0, 0.05) is 12.1 Å². The van der Waals surface area contributed by atoms with E-state index in [1.54, 1.807) is 0 Å². The Kier molecular flexibility index (Phi) is 6.51. The molecule has 1 rings (SSSR count). The van der Waals surface area contributed by atoms with Crippen molar-refractivity contribution in [2.45, 2.75) is 31.9 Å². The molecule has 0 saturated carbocycles. The van der Waals surface area contributed by atoms with E-state index in [4.69, 9.17) is 5.73 Å². The fourth-order valence-corrected chi connectivity index (χ4v) is 1.74. The van der Waals surface area contributed by atoms with Gasteiger partial charge in [0.15, 0.2) is 0 Å². The van der Waals surface area contributed by atoms with Gasteiger partial charge in [-0.15, -0.1) is 0 Å². The number of carbonyl (C=O) groups excluding carboxylic acids is 1. The number of rotatable bonds is 7. The average molecular weight is 288 g/mol. The first-order chi connectivity index (χ1) is 9.45. The molecule has 0 spiro atoms.